The third kappa shape index (κ3) is 3.48. The fraction of sp³-hybridized carbons (Fsp3) is 0.278. The molecule has 23 heavy (non-hydrogen) atoms. The van der Waals surface area contributed by atoms with E-state index in [9.17, 15) is 9.18 Å². The van der Waals surface area contributed by atoms with Gasteiger partial charge in [0.25, 0.3) is 5.91 Å². The van der Waals surface area contributed by atoms with Crippen LogP contribution < -0.4 is 4.74 Å². The highest BCUT2D eigenvalue weighted by molar-refractivity contribution is 6.32. The maximum absolute atomic E-state index is 13.1. The molecule has 0 spiro atoms. The summed E-state index contributed by atoms with van der Waals surface area (Å²) in [5.41, 5.74) is 2.45. The summed E-state index contributed by atoms with van der Waals surface area (Å²) in [7, 11) is 0. The number of carbonyl (C=O) groups excluding carboxylic acids is 1. The van der Waals surface area contributed by atoms with Gasteiger partial charge in [0, 0.05) is 13.1 Å². The van der Waals surface area contributed by atoms with Crippen LogP contribution in [0.3, 0.4) is 0 Å². The summed E-state index contributed by atoms with van der Waals surface area (Å²) >= 11 is 5.94. The van der Waals surface area contributed by atoms with Crippen LogP contribution in [0, 0.1) is 5.82 Å². The predicted molar refractivity (Wildman–Crippen MR) is 87.1 cm³/mol. The van der Waals surface area contributed by atoms with E-state index in [0.29, 0.717) is 18.8 Å². The molecule has 0 saturated heterocycles. The summed E-state index contributed by atoms with van der Waals surface area (Å²) in [5, 5.41) is 0.161. The van der Waals surface area contributed by atoms with Crippen molar-refractivity contribution in [2.24, 2.45) is 0 Å². The Morgan fingerprint density at radius 2 is 2.00 bits per heavy atom. The smallest absolute Gasteiger partial charge is 0.263 e. The number of fused-ring (bicyclic) bond motifs is 1. The van der Waals surface area contributed by atoms with Crippen LogP contribution in [0.25, 0.3) is 0 Å². The molecule has 0 saturated carbocycles. The lowest BCUT2D eigenvalue weighted by Gasteiger charge is -2.31. The summed E-state index contributed by atoms with van der Waals surface area (Å²) in [5.74, 6) is -0.222. The number of benzene rings is 2. The van der Waals surface area contributed by atoms with Gasteiger partial charge in [-0.1, -0.05) is 35.9 Å². The highest BCUT2D eigenvalue weighted by atomic mass is 35.5. The minimum absolute atomic E-state index is 0.0973. The van der Waals surface area contributed by atoms with Crippen LogP contribution in [0.15, 0.2) is 42.5 Å². The molecule has 1 unspecified atom stereocenters. The Bertz CT molecular complexity index is 735. The van der Waals surface area contributed by atoms with Crippen molar-refractivity contribution in [3.05, 3.63) is 64.4 Å². The lowest BCUT2D eigenvalue weighted by Crippen LogP contribution is -2.43. The van der Waals surface area contributed by atoms with Gasteiger partial charge in [-0.15, -0.1) is 0 Å². The lowest BCUT2D eigenvalue weighted by atomic mass is 9.99. The monoisotopic (exact) mass is 333 g/mol. The first-order valence-corrected chi connectivity index (χ1v) is 7.89. The van der Waals surface area contributed by atoms with Crippen LogP contribution in [0.2, 0.25) is 5.02 Å². The fourth-order valence-corrected chi connectivity index (χ4v) is 2.96. The lowest BCUT2D eigenvalue weighted by molar-refractivity contribution is -0.138. The molecule has 1 aliphatic heterocycles. The molecule has 120 valence electrons. The minimum atomic E-state index is -0.678. The topological polar surface area (TPSA) is 29.5 Å². The van der Waals surface area contributed by atoms with Crippen molar-refractivity contribution in [1.82, 2.24) is 4.90 Å². The van der Waals surface area contributed by atoms with Gasteiger partial charge in [-0.3, -0.25) is 4.79 Å². The molecule has 1 amide bonds. The highest BCUT2D eigenvalue weighted by Gasteiger charge is 2.26. The summed E-state index contributed by atoms with van der Waals surface area (Å²) < 4.78 is 18.7. The van der Waals surface area contributed by atoms with Crippen molar-refractivity contribution < 1.29 is 13.9 Å². The maximum atomic E-state index is 13.1. The zero-order valence-corrected chi connectivity index (χ0v) is 13.5. The van der Waals surface area contributed by atoms with Crippen LogP contribution in [0.4, 0.5) is 4.39 Å². The fourth-order valence-electron chi connectivity index (χ4n) is 2.75. The Kier molecular flexibility index (Phi) is 4.53. The SMILES string of the molecule is CC(Oc1ccc(F)cc1Cl)C(=O)N1CCc2ccccc2C1. The predicted octanol–water partition coefficient (Wildman–Crippen LogP) is 3.83. The Labute approximate surface area is 139 Å². The quantitative estimate of drug-likeness (QED) is 0.854. The van der Waals surface area contributed by atoms with E-state index in [2.05, 4.69) is 6.07 Å². The zero-order chi connectivity index (χ0) is 16.4. The van der Waals surface area contributed by atoms with Crippen molar-refractivity contribution in [3.63, 3.8) is 0 Å². The van der Waals surface area contributed by atoms with Gasteiger partial charge in [0.05, 0.1) is 5.02 Å². The molecule has 1 atom stereocenters. The number of ether oxygens (including phenoxy) is 1. The number of amides is 1. The number of halogens is 2. The molecule has 3 nitrogen and oxygen atoms in total. The van der Waals surface area contributed by atoms with E-state index in [1.807, 2.05) is 18.2 Å². The third-order valence-corrected chi connectivity index (χ3v) is 4.28. The second-order valence-electron chi connectivity index (χ2n) is 5.61. The first kappa shape index (κ1) is 15.8. The van der Waals surface area contributed by atoms with Gasteiger partial charge in [-0.25, -0.2) is 4.39 Å². The van der Waals surface area contributed by atoms with Gasteiger partial charge < -0.3 is 9.64 Å². The molecular weight excluding hydrogens is 317 g/mol. The molecular formula is C18H17ClFNO2. The van der Waals surface area contributed by atoms with Crippen LogP contribution >= 0.6 is 11.6 Å². The van der Waals surface area contributed by atoms with Crippen LogP contribution in [-0.2, 0) is 17.8 Å². The average molecular weight is 334 g/mol. The van der Waals surface area contributed by atoms with E-state index < -0.39 is 11.9 Å². The van der Waals surface area contributed by atoms with E-state index in [4.69, 9.17) is 16.3 Å². The van der Waals surface area contributed by atoms with Crippen molar-refractivity contribution in [2.45, 2.75) is 26.0 Å². The highest BCUT2D eigenvalue weighted by Crippen LogP contribution is 2.27. The number of hydrogen-bond donors (Lipinski definition) is 0. The summed E-state index contributed by atoms with van der Waals surface area (Å²) in [6.45, 7) is 2.93. The Morgan fingerprint density at radius 1 is 1.26 bits per heavy atom. The second-order valence-corrected chi connectivity index (χ2v) is 6.02. The summed E-state index contributed by atoms with van der Waals surface area (Å²) in [6, 6.07) is 12.0. The van der Waals surface area contributed by atoms with E-state index in [1.54, 1.807) is 11.8 Å². The molecule has 0 fully saturated rings. The molecule has 3 rings (SSSR count). The van der Waals surface area contributed by atoms with E-state index in [-0.39, 0.29) is 10.9 Å². The van der Waals surface area contributed by atoms with E-state index in [0.717, 1.165) is 6.42 Å². The zero-order valence-electron chi connectivity index (χ0n) is 12.8. The van der Waals surface area contributed by atoms with E-state index >= 15 is 0 Å². The van der Waals surface area contributed by atoms with Gasteiger partial charge >= 0.3 is 0 Å². The number of rotatable bonds is 3. The van der Waals surface area contributed by atoms with Crippen molar-refractivity contribution in [3.8, 4) is 5.75 Å². The molecule has 1 heterocycles. The molecule has 2 aromatic carbocycles. The summed E-state index contributed by atoms with van der Waals surface area (Å²) in [6.07, 6.45) is 0.162. The Balaban J connectivity index is 1.68. The van der Waals surface area contributed by atoms with Gasteiger partial charge in [-0.05, 0) is 42.7 Å². The van der Waals surface area contributed by atoms with Gasteiger partial charge in [0.2, 0.25) is 0 Å². The Morgan fingerprint density at radius 3 is 2.74 bits per heavy atom. The molecule has 0 aromatic heterocycles. The van der Waals surface area contributed by atoms with Crippen LogP contribution in [0.5, 0.6) is 5.75 Å². The molecule has 0 N–H and O–H groups in total. The normalized spacial score (nSPS) is 15.0. The number of nitrogens with zero attached hydrogens (tertiary/aromatic N) is 1. The molecule has 0 bridgehead atoms. The molecule has 0 aliphatic carbocycles. The van der Waals surface area contributed by atoms with Gasteiger partial charge in [-0.2, -0.15) is 0 Å². The average Bonchev–Trinajstić information content (AvgIpc) is 2.56. The van der Waals surface area contributed by atoms with Gasteiger partial charge in [0.1, 0.15) is 11.6 Å². The number of hydrogen-bond acceptors (Lipinski definition) is 2. The molecule has 2 aromatic rings. The molecule has 5 heteroatoms. The van der Waals surface area contributed by atoms with Crippen molar-refractivity contribution in [2.75, 3.05) is 6.54 Å². The largest absolute Gasteiger partial charge is 0.479 e. The van der Waals surface area contributed by atoms with Gasteiger partial charge in [0.15, 0.2) is 6.10 Å². The molecule has 1 aliphatic rings. The number of carbonyl (C=O) groups is 1. The maximum Gasteiger partial charge on any atom is 0.263 e. The van der Waals surface area contributed by atoms with Crippen LogP contribution in [-0.4, -0.2) is 23.5 Å². The van der Waals surface area contributed by atoms with Crippen molar-refractivity contribution >= 4 is 17.5 Å². The standard InChI is InChI=1S/C18H17ClFNO2/c1-12(23-17-7-6-15(20)10-16(17)19)18(22)21-9-8-13-4-2-3-5-14(13)11-21/h2-7,10,12H,8-9,11H2,1H3. The summed E-state index contributed by atoms with van der Waals surface area (Å²) in [4.78, 5) is 14.4. The third-order valence-electron chi connectivity index (χ3n) is 3.99. The Hall–Kier alpha value is -2.07. The van der Waals surface area contributed by atoms with Crippen LogP contribution in [0.1, 0.15) is 18.1 Å². The first-order valence-electron chi connectivity index (χ1n) is 7.52. The molecule has 0 radical (unpaired) electrons. The first-order chi connectivity index (χ1) is 11.0. The second kappa shape index (κ2) is 6.59. The minimum Gasteiger partial charge on any atom is -0.479 e. The van der Waals surface area contributed by atoms with Crippen molar-refractivity contribution in [1.29, 1.82) is 0 Å². The van der Waals surface area contributed by atoms with E-state index in [1.165, 1.54) is 29.3 Å².